The molecule has 0 radical (unpaired) electrons. The van der Waals surface area contributed by atoms with Crippen molar-refractivity contribution in [3.05, 3.63) is 59.4 Å². The number of rotatable bonds is 6. The summed E-state index contributed by atoms with van der Waals surface area (Å²) in [6, 6.07) is 11.5. The highest BCUT2D eigenvalue weighted by atomic mass is 19.1. The molecule has 0 aliphatic carbocycles. The largest absolute Gasteiger partial charge is 0.492 e. The fourth-order valence-electron chi connectivity index (χ4n) is 3.03. The molecule has 2 amide bonds. The van der Waals surface area contributed by atoms with Gasteiger partial charge in [0.15, 0.2) is 0 Å². The maximum absolute atomic E-state index is 12.9. The summed E-state index contributed by atoms with van der Waals surface area (Å²) in [5.41, 5.74) is 2.45. The number of halogens is 1. The molecule has 142 valence electrons. The van der Waals surface area contributed by atoms with Crippen LogP contribution in [0.2, 0.25) is 0 Å². The van der Waals surface area contributed by atoms with E-state index >= 15 is 0 Å². The van der Waals surface area contributed by atoms with E-state index in [4.69, 9.17) is 4.74 Å². The molecule has 0 aromatic heterocycles. The number of hydrogen-bond acceptors (Lipinski definition) is 3. The van der Waals surface area contributed by atoms with Crippen LogP contribution in [0.3, 0.4) is 0 Å². The SMILES string of the molecule is CCCC(=O)Nc1ccc2c(c1)C[C@@H](C(=O)NCc1ccc(F)cc1)CO2. The molecule has 0 spiro atoms. The number of ether oxygens (including phenoxy) is 1. The van der Waals surface area contributed by atoms with Gasteiger partial charge < -0.3 is 15.4 Å². The summed E-state index contributed by atoms with van der Waals surface area (Å²) in [5.74, 6) is 0.00276. The Bertz CT molecular complexity index is 821. The summed E-state index contributed by atoms with van der Waals surface area (Å²) in [5, 5.41) is 5.73. The van der Waals surface area contributed by atoms with Crippen LogP contribution in [-0.2, 0) is 22.6 Å². The van der Waals surface area contributed by atoms with E-state index in [-0.39, 0.29) is 23.5 Å². The van der Waals surface area contributed by atoms with Gasteiger partial charge in [-0.15, -0.1) is 0 Å². The maximum atomic E-state index is 12.9. The second-order valence-corrected chi connectivity index (χ2v) is 6.68. The lowest BCUT2D eigenvalue weighted by Gasteiger charge is -2.25. The summed E-state index contributed by atoms with van der Waals surface area (Å²) in [6.07, 6.45) is 1.81. The van der Waals surface area contributed by atoms with Crippen molar-refractivity contribution in [2.24, 2.45) is 5.92 Å². The number of benzene rings is 2. The van der Waals surface area contributed by atoms with E-state index in [1.54, 1.807) is 18.2 Å². The van der Waals surface area contributed by atoms with Gasteiger partial charge in [-0.25, -0.2) is 4.39 Å². The monoisotopic (exact) mass is 370 g/mol. The van der Waals surface area contributed by atoms with Gasteiger partial charge in [-0.3, -0.25) is 9.59 Å². The summed E-state index contributed by atoms with van der Waals surface area (Å²) in [7, 11) is 0. The van der Waals surface area contributed by atoms with Gasteiger partial charge in [-0.1, -0.05) is 19.1 Å². The lowest BCUT2D eigenvalue weighted by atomic mass is 9.95. The zero-order chi connectivity index (χ0) is 19.2. The van der Waals surface area contributed by atoms with E-state index < -0.39 is 0 Å². The zero-order valence-corrected chi connectivity index (χ0v) is 15.3. The maximum Gasteiger partial charge on any atom is 0.227 e. The molecule has 0 unspecified atom stereocenters. The number of carbonyl (C=O) groups is 2. The third-order valence-corrected chi connectivity index (χ3v) is 4.48. The first-order valence-corrected chi connectivity index (χ1v) is 9.13. The van der Waals surface area contributed by atoms with Crippen molar-refractivity contribution < 1.29 is 18.7 Å². The number of fused-ring (bicyclic) bond motifs is 1. The van der Waals surface area contributed by atoms with Crippen LogP contribution in [-0.4, -0.2) is 18.4 Å². The molecule has 2 N–H and O–H groups in total. The molecule has 0 saturated carbocycles. The summed E-state index contributed by atoms with van der Waals surface area (Å²) in [4.78, 5) is 24.2. The summed E-state index contributed by atoms with van der Waals surface area (Å²) < 4.78 is 18.7. The van der Waals surface area contributed by atoms with Gasteiger partial charge in [-0.05, 0) is 54.3 Å². The van der Waals surface area contributed by atoms with Crippen LogP contribution in [0.25, 0.3) is 0 Å². The highest BCUT2D eigenvalue weighted by molar-refractivity contribution is 5.91. The first-order valence-electron chi connectivity index (χ1n) is 9.13. The number of anilines is 1. The Balaban J connectivity index is 1.59. The van der Waals surface area contributed by atoms with Gasteiger partial charge >= 0.3 is 0 Å². The van der Waals surface area contributed by atoms with E-state index in [1.807, 2.05) is 19.1 Å². The molecule has 1 heterocycles. The Kier molecular flexibility index (Phi) is 6.06. The average molecular weight is 370 g/mol. The molecule has 1 aliphatic rings. The van der Waals surface area contributed by atoms with Gasteiger partial charge in [0.25, 0.3) is 0 Å². The van der Waals surface area contributed by atoms with Crippen LogP contribution in [0, 0.1) is 11.7 Å². The molecule has 3 rings (SSSR count). The van der Waals surface area contributed by atoms with Gasteiger partial charge in [0.2, 0.25) is 11.8 Å². The molecule has 0 saturated heterocycles. The fraction of sp³-hybridized carbons (Fsp3) is 0.333. The molecule has 27 heavy (non-hydrogen) atoms. The van der Waals surface area contributed by atoms with E-state index in [2.05, 4.69) is 10.6 Å². The van der Waals surface area contributed by atoms with E-state index in [0.717, 1.165) is 23.3 Å². The van der Waals surface area contributed by atoms with Gasteiger partial charge in [-0.2, -0.15) is 0 Å². The first kappa shape index (κ1) is 18.9. The standard InChI is InChI=1S/C21H23FN2O3/c1-2-3-20(25)24-18-8-9-19-15(11-18)10-16(13-27-19)21(26)23-12-14-4-6-17(22)7-5-14/h4-9,11,16H,2-3,10,12-13H2,1H3,(H,23,26)(H,24,25)/t16-/m1/s1. The first-order chi connectivity index (χ1) is 13.0. The summed E-state index contributed by atoms with van der Waals surface area (Å²) >= 11 is 0. The molecule has 2 aromatic carbocycles. The van der Waals surface area contributed by atoms with Crippen LogP contribution < -0.4 is 15.4 Å². The normalized spacial score (nSPS) is 15.4. The van der Waals surface area contributed by atoms with Gasteiger partial charge in [0.05, 0.1) is 5.92 Å². The molecule has 1 aliphatic heterocycles. The Morgan fingerprint density at radius 1 is 1.19 bits per heavy atom. The van der Waals surface area contributed by atoms with Crippen LogP contribution >= 0.6 is 0 Å². The number of nitrogens with one attached hydrogen (secondary N) is 2. The fourth-order valence-corrected chi connectivity index (χ4v) is 3.03. The Morgan fingerprint density at radius 2 is 1.96 bits per heavy atom. The Hall–Kier alpha value is -2.89. The smallest absolute Gasteiger partial charge is 0.227 e. The average Bonchev–Trinajstić information content (AvgIpc) is 2.67. The zero-order valence-electron chi connectivity index (χ0n) is 15.3. The van der Waals surface area contributed by atoms with E-state index in [9.17, 15) is 14.0 Å². The number of hydrogen-bond donors (Lipinski definition) is 2. The van der Waals surface area contributed by atoms with E-state index in [1.165, 1.54) is 12.1 Å². The van der Waals surface area contributed by atoms with Crippen molar-refractivity contribution in [1.82, 2.24) is 5.32 Å². The third-order valence-electron chi connectivity index (χ3n) is 4.48. The molecule has 0 bridgehead atoms. The van der Waals surface area contributed by atoms with Crippen LogP contribution in [0.4, 0.5) is 10.1 Å². The second kappa shape index (κ2) is 8.66. The minimum Gasteiger partial charge on any atom is -0.492 e. The topological polar surface area (TPSA) is 67.4 Å². The lowest BCUT2D eigenvalue weighted by molar-refractivity contribution is -0.126. The molecule has 6 heteroatoms. The summed E-state index contributed by atoms with van der Waals surface area (Å²) in [6.45, 7) is 2.61. The molecular weight excluding hydrogens is 347 g/mol. The van der Waals surface area contributed by atoms with Crippen molar-refractivity contribution in [2.45, 2.75) is 32.7 Å². The van der Waals surface area contributed by atoms with Crippen molar-refractivity contribution in [3.63, 3.8) is 0 Å². The minimum absolute atomic E-state index is 0.0252. The van der Waals surface area contributed by atoms with Gasteiger partial charge in [0.1, 0.15) is 18.2 Å². The highest BCUT2D eigenvalue weighted by Gasteiger charge is 2.26. The Morgan fingerprint density at radius 3 is 2.70 bits per heavy atom. The quantitative estimate of drug-likeness (QED) is 0.819. The molecular formula is C21H23FN2O3. The van der Waals surface area contributed by atoms with Crippen LogP contribution in [0.15, 0.2) is 42.5 Å². The number of amides is 2. The van der Waals surface area contributed by atoms with Crippen molar-refractivity contribution in [2.75, 3.05) is 11.9 Å². The Labute approximate surface area is 157 Å². The minimum atomic E-state index is -0.306. The third kappa shape index (κ3) is 5.06. The van der Waals surface area contributed by atoms with Gasteiger partial charge in [0, 0.05) is 18.7 Å². The van der Waals surface area contributed by atoms with Crippen LogP contribution in [0.1, 0.15) is 30.9 Å². The molecule has 2 aromatic rings. The van der Waals surface area contributed by atoms with Crippen molar-refractivity contribution in [3.8, 4) is 5.75 Å². The van der Waals surface area contributed by atoms with E-state index in [0.29, 0.717) is 31.7 Å². The van der Waals surface area contributed by atoms with Crippen molar-refractivity contribution in [1.29, 1.82) is 0 Å². The molecule has 0 fully saturated rings. The highest BCUT2D eigenvalue weighted by Crippen LogP contribution is 2.30. The predicted octanol–water partition coefficient (Wildman–Crippen LogP) is 3.43. The lowest BCUT2D eigenvalue weighted by Crippen LogP contribution is -2.37. The second-order valence-electron chi connectivity index (χ2n) is 6.68. The predicted molar refractivity (Wildman–Crippen MR) is 101 cm³/mol. The molecule has 5 nitrogen and oxygen atoms in total. The van der Waals surface area contributed by atoms with Crippen LogP contribution in [0.5, 0.6) is 5.75 Å². The number of carbonyl (C=O) groups excluding carboxylic acids is 2. The van der Waals surface area contributed by atoms with Crippen molar-refractivity contribution >= 4 is 17.5 Å². The molecule has 1 atom stereocenters.